The molecule has 0 saturated carbocycles. The van der Waals surface area contributed by atoms with Gasteiger partial charge in [-0.25, -0.2) is 4.79 Å². The molecule has 0 fully saturated rings. The summed E-state index contributed by atoms with van der Waals surface area (Å²) in [6, 6.07) is 26.4. The Kier molecular flexibility index (Phi) is 6.54. The van der Waals surface area contributed by atoms with E-state index in [-0.39, 0.29) is 12.6 Å². The molecule has 0 spiro atoms. The van der Waals surface area contributed by atoms with E-state index >= 15 is 0 Å². The zero-order chi connectivity index (χ0) is 19.8. The molecule has 0 aliphatic heterocycles. The molecule has 3 aromatic rings. The van der Waals surface area contributed by atoms with Crippen LogP contribution in [0.2, 0.25) is 0 Å². The lowest BCUT2D eigenvalue weighted by atomic mass is 9.98. The van der Waals surface area contributed by atoms with Crippen molar-refractivity contribution < 1.29 is 9.59 Å². The third kappa shape index (κ3) is 5.53. The fraction of sp³-hybridized carbons (Fsp3) is 0.130. The quantitative estimate of drug-likeness (QED) is 0.611. The average Bonchev–Trinajstić information content (AvgIpc) is 2.71. The second kappa shape index (κ2) is 9.48. The van der Waals surface area contributed by atoms with Gasteiger partial charge < -0.3 is 5.32 Å². The largest absolute Gasteiger partial charge is 0.325 e. The first-order valence-electron chi connectivity index (χ1n) is 9.12. The van der Waals surface area contributed by atoms with Crippen molar-refractivity contribution in [2.45, 2.75) is 13.0 Å². The van der Waals surface area contributed by atoms with E-state index in [1.54, 1.807) is 12.1 Å². The Hall–Kier alpha value is -3.44. The molecule has 3 rings (SSSR count). The first-order valence-corrected chi connectivity index (χ1v) is 9.12. The van der Waals surface area contributed by atoms with Crippen molar-refractivity contribution in [1.29, 1.82) is 0 Å². The summed E-state index contributed by atoms with van der Waals surface area (Å²) in [5.74, 6) is -0.401. The second-order valence-electron chi connectivity index (χ2n) is 6.50. The molecule has 0 saturated heterocycles. The number of urea groups is 1. The molecule has 0 radical (unpaired) electrons. The van der Waals surface area contributed by atoms with E-state index in [9.17, 15) is 9.59 Å². The van der Waals surface area contributed by atoms with Crippen molar-refractivity contribution in [1.82, 2.24) is 10.6 Å². The summed E-state index contributed by atoms with van der Waals surface area (Å²) in [7, 11) is 0. The number of anilines is 1. The van der Waals surface area contributed by atoms with Gasteiger partial charge in [-0.2, -0.15) is 0 Å². The van der Waals surface area contributed by atoms with Crippen LogP contribution in [0.3, 0.4) is 0 Å². The van der Waals surface area contributed by atoms with Crippen molar-refractivity contribution in [2.24, 2.45) is 0 Å². The van der Waals surface area contributed by atoms with E-state index in [2.05, 4.69) is 16.0 Å². The molecule has 3 amide bonds. The number of para-hydroxylation sites is 1. The maximum atomic E-state index is 12.2. The van der Waals surface area contributed by atoms with E-state index in [4.69, 9.17) is 0 Å². The van der Waals surface area contributed by atoms with Gasteiger partial charge in [0, 0.05) is 5.69 Å². The van der Waals surface area contributed by atoms with Gasteiger partial charge in [-0.05, 0) is 30.2 Å². The highest BCUT2D eigenvalue weighted by Gasteiger charge is 2.16. The number of rotatable bonds is 6. The van der Waals surface area contributed by atoms with Crippen LogP contribution in [0.15, 0.2) is 84.9 Å². The number of amides is 3. The maximum absolute atomic E-state index is 12.2. The van der Waals surface area contributed by atoms with Crippen LogP contribution in [0, 0.1) is 6.92 Å². The first kappa shape index (κ1) is 19.3. The normalized spacial score (nSPS) is 11.5. The molecule has 5 nitrogen and oxygen atoms in total. The van der Waals surface area contributed by atoms with Crippen LogP contribution >= 0.6 is 0 Å². The summed E-state index contributed by atoms with van der Waals surface area (Å²) in [6.07, 6.45) is 0. The third-order valence-corrected chi connectivity index (χ3v) is 4.29. The lowest BCUT2D eigenvalue weighted by molar-refractivity contribution is -0.119. The minimum absolute atomic E-state index is 0.00957. The van der Waals surface area contributed by atoms with Gasteiger partial charge in [0.15, 0.2) is 0 Å². The van der Waals surface area contributed by atoms with Crippen LogP contribution in [0.4, 0.5) is 10.5 Å². The predicted octanol–water partition coefficient (Wildman–Crippen LogP) is 4.02. The Morgan fingerprint density at radius 3 is 2.00 bits per heavy atom. The Balaban J connectivity index is 1.62. The van der Waals surface area contributed by atoms with Gasteiger partial charge >= 0.3 is 6.03 Å². The van der Waals surface area contributed by atoms with Crippen molar-refractivity contribution in [3.05, 3.63) is 102 Å². The average molecular weight is 373 g/mol. The van der Waals surface area contributed by atoms with Crippen molar-refractivity contribution in [2.75, 3.05) is 11.9 Å². The molecular formula is C23H23N3O2. The number of aryl methyl sites for hydroxylation is 1. The lowest BCUT2D eigenvalue weighted by Gasteiger charge is -2.20. The second-order valence-corrected chi connectivity index (χ2v) is 6.50. The molecule has 0 heterocycles. The summed E-state index contributed by atoms with van der Waals surface area (Å²) in [5.41, 5.74) is 3.90. The summed E-state index contributed by atoms with van der Waals surface area (Å²) in [6.45, 7) is 2.04. The highest BCUT2D eigenvalue weighted by molar-refractivity contribution is 6.01. The zero-order valence-corrected chi connectivity index (χ0v) is 15.7. The molecular weight excluding hydrogens is 350 g/mol. The van der Waals surface area contributed by atoms with E-state index in [0.29, 0.717) is 5.69 Å². The van der Waals surface area contributed by atoms with E-state index in [1.807, 2.05) is 79.7 Å². The van der Waals surface area contributed by atoms with Gasteiger partial charge in [-0.3, -0.25) is 15.4 Å². The number of benzene rings is 3. The molecule has 5 heteroatoms. The van der Waals surface area contributed by atoms with Crippen LogP contribution in [0.25, 0.3) is 0 Å². The fourth-order valence-corrected chi connectivity index (χ4v) is 2.88. The monoisotopic (exact) mass is 373 g/mol. The van der Waals surface area contributed by atoms with E-state index in [1.165, 1.54) is 5.56 Å². The highest BCUT2D eigenvalue weighted by Crippen LogP contribution is 2.22. The smallest absolute Gasteiger partial charge is 0.308 e. The fourth-order valence-electron chi connectivity index (χ4n) is 2.88. The molecule has 3 aromatic carbocycles. The number of imide groups is 1. The number of carbonyl (C=O) groups excluding carboxylic acids is 2. The van der Waals surface area contributed by atoms with Crippen LogP contribution in [-0.4, -0.2) is 18.5 Å². The Bertz CT molecular complexity index is 910. The lowest BCUT2D eigenvalue weighted by Crippen LogP contribution is -2.41. The van der Waals surface area contributed by atoms with Crippen LogP contribution < -0.4 is 16.0 Å². The number of carbonyl (C=O) groups is 2. The van der Waals surface area contributed by atoms with Gasteiger partial charge in [0.25, 0.3) is 0 Å². The predicted molar refractivity (Wildman–Crippen MR) is 111 cm³/mol. The molecule has 0 bridgehead atoms. The van der Waals surface area contributed by atoms with E-state index < -0.39 is 11.9 Å². The maximum Gasteiger partial charge on any atom is 0.325 e. The zero-order valence-electron chi connectivity index (χ0n) is 15.7. The Labute approximate surface area is 164 Å². The van der Waals surface area contributed by atoms with Crippen LogP contribution in [0.1, 0.15) is 22.7 Å². The minimum Gasteiger partial charge on any atom is -0.308 e. The van der Waals surface area contributed by atoms with Gasteiger partial charge in [0.1, 0.15) is 0 Å². The molecule has 142 valence electrons. The standard InChI is InChI=1S/C23H23N3O2/c1-17-12-14-19(15-13-17)22(18-8-4-2-5-9-18)24-16-21(27)26-23(28)25-20-10-6-3-7-11-20/h2-15,22,24H,16H2,1H3,(H2,25,26,27,28)/t22-/m1/s1. The molecule has 0 aliphatic carbocycles. The first-order chi connectivity index (χ1) is 13.6. The summed E-state index contributed by atoms with van der Waals surface area (Å²) in [4.78, 5) is 24.2. The highest BCUT2D eigenvalue weighted by atomic mass is 16.2. The van der Waals surface area contributed by atoms with Gasteiger partial charge in [0.05, 0.1) is 12.6 Å². The summed E-state index contributed by atoms with van der Waals surface area (Å²) in [5, 5.41) is 8.22. The molecule has 0 aromatic heterocycles. The number of hydrogen-bond donors (Lipinski definition) is 3. The molecule has 0 unspecified atom stereocenters. The summed E-state index contributed by atoms with van der Waals surface area (Å²) >= 11 is 0. The SMILES string of the molecule is Cc1ccc([C@H](NCC(=O)NC(=O)Nc2ccccc2)c2ccccc2)cc1. The van der Waals surface area contributed by atoms with Crippen molar-refractivity contribution in [3.63, 3.8) is 0 Å². The number of hydrogen-bond acceptors (Lipinski definition) is 3. The minimum atomic E-state index is -0.551. The molecule has 3 N–H and O–H groups in total. The third-order valence-electron chi connectivity index (χ3n) is 4.29. The van der Waals surface area contributed by atoms with Crippen LogP contribution in [-0.2, 0) is 4.79 Å². The molecule has 28 heavy (non-hydrogen) atoms. The van der Waals surface area contributed by atoms with Crippen molar-refractivity contribution >= 4 is 17.6 Å². The Morgan fingerprint density at radius 2 is 1.36 bits per heavy atom. The number of nitrogens with one attached hydrogen (secondary N) is 3. The van der Waals surface area contributed by atoms with Crippen molar-refractivity contribution in [3.8, 4) is 0 Å². The van der Waals surface area contributed by atoms with Gasteiger partial charge in [-0.1, -0.05) is 78.4 Å². The van der Waals surface area contributed by atoms with Gasteiger partial charge in [-0.15, -0.1) is 0 Å². The van der Waals surface area contributed by atoms with E-state index in [0.717, 1.165) is 11.1 Å². The molecule has 1 atom stereocenters. The summed E-state index contributed by atoms with van der Waals surface area (Å²) < 4.78 is 0. The Morgan fingerprint density at radius 1 is 0.786 bits per heavy atom. The molecule has 0 aliphatic rings. The van der Waals surface area contributed by atoms with Gasteiger partial charge in [0.2, 0.25) is 5.91 Å². The van der Waals surface area contributed by atoms with Crippen LogP contribution in [0.5, 0.6) is 0 Å². The topological polar surface area (TPSA) is 70.2 Å².